The Labute approximate surface area is 83.8 Å². The van der Waals surface area contributed by atoms with Crippen LogP contribution in [0.1, 0.15) is 0 Å². The minimum atomic E-state index is -4.39. The smallest absolute Gasteiger partial charge is 0.422 e. The molecule has 15 heavy (non-hydrogen) atoms. The number of para-hydroxylation sites is 2. The van der Waals surface area contributed by atoms with Crippen LogP contribution in [0.4, 0.5) is 18.9 Å². The second kappa shape index (κ2) is 4.68. The standard InChI is InChI=1S/C9H8F3NO2/c10-9(11,12)5-15-8-4-2-1-3-7(8)13-6-14/h1-4,6H,5H2,(H,13,14). The van der Waals surface area contributed by atoms with E-state index in [2.05, 4.69) is 10.1 Å². The van der Waals surface area contributed by atoms with Crippen molar-refractivity contribution in [2.45, 2.75) is 6.18 Å². The fourth-order valence-corrected chi connectivity index (χ4v) is 0.935. The van der Waals surface area contributed by atoms with E-state index in [-0.39, 0.29) is 11.4 Å². The molecule has 0 bridgehead atoms. The van der Waals surface area contributed by atoms with Gasteiger partial charge in [-0.2, -0.15) is 13.2 Å². The highest BCUT2D eigenvalue weighted by Crippen LogP contribution is 2.25. The van der Waals surface area contributed by atoms with Crippen molar-refractivity contribution in [3.8, 4) is 5.75 Å². The second-order valence-electron chi connectivity index (χ2n) is 2.66. The van der Waals surface area contributed by atoms with E-state index in [0.29, 0.717) is 6.41 Å². The molecule has 0 unspecified atom stereocenters. The van der Waals surface area contributed by atoms with Crippen molar-refractivity contribution in [2.24, 2.45) is 0 Å². The van der Waals surface area contributed by atoms with E-state index >= 15 is 0 Å². The Morgan fingerprint density at radius 2 is 2.00 bits per heavy atom. The van der Waals surface area contributed by atoms with E-state index in [0.717, 1.165) is 0 Å². The zero-order valence-corrected chi connectivity index (χ0v) is 7.54. The summed E-state index contributed by atoms with van der Waals surface area (Å²) in [5.74, 6) is -0.0121. The number of ether oxygens (including phenoxy) is 1. The SMILES string of the molecule is O=CNc1ccccc1OCC(F)(F)F. The number of benzene rings is 1. The second-order valence-corrected chi connectivity index (χ2v) is 2.66. The summed E-state index contributed by atoms with van der Waals surface area (Å²) < 4.78 is 40.0. The van der Waals surface area contributed by atoms with Crippen LogP contribution >= 0.6 is 0 Å². The summed E-state index contributed by atoms with van der Waals surface area (Å²) in [4.78, 5) is 10.1. The molecule has 0 radical (unpaired) electrons. The molecule has 1 aromatic rings. The van der Waals surface area contributed by atoms with Crippen LogP contribution in [0.15, 0.2) is 24.3 Å². The number of amides is 1. The Balaban J connectivity index is 2.71. The van der Waals surface area contributed by atoms with Crippen LogP contribution in [-0.2, 0) is 4.79 Å². The zero-order chi connectivity index (χ0) is 11.3. The van der Waals surface area contributed by atoms with Crippen molar-refractivity contribution in [1.29, 1.82) is 0 Å². The topological polar surface area (TPSA) is 38.3 Å². The van der Waals surface area contributed by atoms with E-state index in [1.54, 1.807) is 6.07 Å². The lowest BCUT2D eigenvalue weighted by Gasteiger charge is -2.11. The molecular weight excluding hydrogens is 211 g/mol. The first-order chi connectivity index (χ1) is 7.03. The summed E-state index contributed by atoms with van der Waals surface area (Å²) in [5, 5.41) is 2.24. The zero-order valence-electron chi connectivity index (χ0n) is 7.54. The van der Waals surface area contributed by atoms with Gasteiger partial charge < -0.3 is 10.1 Å². The summed E-state index contributed by atoms with van der Waals surface area (Å²) in [5.41, 5.74) is 0.205. The number of hydrogen-bond donors (Lipinski definition) is 1. The van der Waals surface area contributed by atoms with Gasteiger partial charge in [-0.25, -0.2) is 0 Å². The van der Waals surface area contributed by atoms with Crippen molar-refractivity contribution < 1.29 is 22.7 Å². The predicted molar refractivity (Wildman–Crippen MR) is 47.7 cm³/mol. The van der Waals surface area contributed by atoms with Gasteiger partial charge in [0.1, 0.15) is 5.75 Å². The highest BCUT2D eigenvalue weighted by Gasteiger charge is 2.28. The number of rotatable bonds is 4. The molecule has 0 saturated carbocycles. The number of carbonyl (C=O) groups is 1. The molecule has 3 nitrogen and oxygen atoms in total. The molecule has 0 aliphatic carbocycles. The normalized spacial score (nSPS) is 10.9. The number of anilines is 1. The molecule has 1 N–H and O–H groups in total. The van der Waals surface area contributed by atoms with Crippen molar-refractivity contribution in [1.82, 2.24) is 0 Å². The third-order valence-corrected chi connectivity index (χ3v) is 1.49. The van der Waals surface area contributed by atoms with Gasteiger partial charge in [0.15, 0.2) is 6.61 Å². The highest BCUT2D eigenvalue weighted by atomic mass is 19.4. The Morgan fingerprint density at radius 3 is 2.60 bits per heavy atom. The van der Waals surface area contributed by atoms with Crippen molar-refractivity contribution in [3.63, 3.8) is 0 Å². The largest absolute Gasteiger partial charge is 0.482 e. The van der Waals surface area contributed by atoms with Gasteiger partial charge in [0.25, 0.3) is 0 Å². The maximum Gasteiger partial charge on any atom is 0.422 e. The molecule has 0 aliphatic rings. The van der Waals surface area contributed by atoms with Gasteiger partial charge in [-0.15, -0.1) is 0 Å². The first-order valence-electron chi connectivity index (χ1n) is 4.02. The lowest BCUT2D eigenvalue weighted by atomic mass is 10.3. The van der Waals surface area contributed by atoms with E-state index in [9.17, 15) is 18.0 Å². The van der Waals surface area contributed by atoms with E-state index < -0.39 is 12.8 Å². The Morgan fingerprint density at radius 1 is 1.33 bits per heavy atom. The van der Waals surface area contributed by atoms with E-state index in [1.807, 2.05) is 0 Å². The average molecular weight is 219 g/mol. The minimum Gasteiger partial charge on any atom is -0.482 e. The molecule has 1 rings (SSSR count). The van der Waals surface area contributed by atoms with Gasteiger partial charge in [0.05, 0.1) is 5.69 Å². The Bertz CT molecular complexity index is 338. The maximum atomic E-state index is 11.8. The van der Waals surface area contributed by atoms with E-state index in [1.165, 1.54) is 18.2 Å². The molecule has 0 atom stereocenters. The van der Waals surface area contributed by atoms with Gasteiger partial charge in [-0.05, 0) is 12.1 Å². The van der Waals surface area contributed by atoms with Crippen LogP contribution in [0.5, 0.6) is 5.75 Å². The Hall–Kier alpha value is -1.72. The van der Waals surface area contributed by atoms with Crippen LogP contribution in [0, 0.1) is 0 Å². The van der Waals surface area contributed by atoms with Crippen LogP contribution < -0.4 is 10.1 Å². The summed E-state index contributed by atoms with van der Waals surface area (Å²) in [6, 6.07) is 5.88. The molecule has 82 valence electrons. The minimum absolute atomic E-state index is 0.0121. The number of hydrogen-bond acceptors (Lipinski definition) is 2. The molecule has 0 heterocycles. The van der Waals surface area contributed by atoms with Gasteiger partial charge in [0.2, 0.25) is 6.41 Å². The van der Waals surface area contributed by atoms with Crippen molar-refractivity contribution in [2.75, 3.05) is 11.9 Å². The number of halogens is 3. The first kappa shape index (κ1) is 11.4. The fourth-order valence-electron chi connectivity index (χ4n) is 0.935. The third kappa shape index (κ3) is 3.88. The quantitative estimate of drug-likeness (QED) is 0.788. The molecule has 6 heteroatoms. The highest BCUT2D eigenvalue weighted by molar-refractivity contribution is 5.75. The summed E-state index contributed by atoms with van der Waals surface area (Å²) >= 11 is 0. The van der Waals surface area contributed by atoms with Crippen LogP contribution in [-0.4, -0.2) is 19.2 Å². The molecular formula is C9H8F3NO2. The first-order valence-corrected chi connectivity index (χ1v) is 4.02. The molecule has 1 aromatic carbocycles. The van der Waals surface area contributed by atoms with Gasteiger partial charge in [-0.3, -0.25) is 4.79 Å². The third-order valence-electron chi connectivity index (χ3n) is 1.49. The number of nitrogens with one attached hydrogen (secondary N) is 1. The summed E-state index contributed by atoms with van der Waals surface area (Å²) in [7, 11) is 0. The number of carbonyl (C=O) groups excluding carboxylic acids is 1. The molecule has 1 amide bonds. The average Bonchev–Trinajstić information content (AvgIpc) is 2.16. The molecule has 0 aromatic heterocycles. The lowest BCUT2D eigenvalue weighted by molar-refractivity contribution is -0.153. The Kier molecular flexibility index (Phi) is 3.54. The van der Waals surface area contributed by atoms with Crippen molar-refractivity contribution in [3.05, 3.63) is 24.3 Å². The van der Waals surface area contributed by atoms with Gasteiger partial charge in [-0.1, -0.05) is 12.1 Å². The van der Waals surface area contributed by atoms with Crippen LogP contribution in [0.2, 0.25) is 0 Å². The summed E-state index contributed by atoms with van der Waals surface area (Å²) in [6.45, 7) is -1.38. The predicted octanol–water partition coefficient (Wildman–Crippen LogP) is 2.20. The van der Waals surface area contributed by atoms with Crippen LogP contribution in [0.3, 0.4) is 0 Å². The molecule has 0 spiro atoms. The fraction of sp³-hybridized carbons (Fsp3) is 0.222. The maximum absolute atomic E-state index is 11.8. The molecule has 0 fully saturated rings. The van der Waals surface area contributed by atoms with Crippen LogP contribution in [0.25, 0.3) is 0 Å². The monoisotopic (exact) mass is 219 g/mol. The number of alkyl halides is 3. The molecule has 0 saturated heterocycles. The van der Waals surface area contributed by atoms with E-state index in [4.69, 9.17) is 0 Å². The van der Waals surface area contributed by atoms with Gasteiger partial charge in [0, 0.05) is 0 Å². The van der Waals surface area contributed by atoms with Gasteiger partial charge >= 0.3 is 6.18 Å². The van der Waals surface area contributed by atoms with Crippen molar-refractivity contribution >= 4 is 12.1 Å². The summed E-state index contributed by atoms with van der Waals surface area (Å²) in [6.07, 6.45) is -4.02. The lowest BCUT2D eigenvalue weighted by Crippen LogP contribution is -2.19. The molecule has 0 aliphatic heterocycles.